The lowest BCUT2D eigenvalue weighted by Crippen LogP contribution is -2.07. The van der Waals surface area contributed by atoms with Crippen molar-refractivity contribution in [3.05, 3.63) is 50.5 Å². The van der Waals surface area contributed by atoms with E-state index >= 15 is 0 Å². The zero-order chi connectivity index (χ0) is 15.6. The lowest BCUT2D eigenvalue weighted by atomic mass is 10.1. The highest BCUT2D eigenvalue weighted by Gasteiger charge is 2.12. The van der Waals surface area contributed by atoms with Gasteiger partial charge in [-0.2, -0.15) is 0 Å². The molecule has 0 atom stereocenters. The minimum absolute atomic E-state index is 0.318. The molecule has 0 fully saturated rings. The molecule has 0 aliphatic heterocycles. The zero-order valence-electron chi connectivity index (χ0n) is 11.9. The van der Waals surface area contributed by atoms with Crippen LogP contribution in [-0.4, -0.2) is 12.1 Å². The molecule has 1 N–H and O–H groups in total. The molecule has 0 unspecified atom stereocenters. The third kappa shape index (κ3) is 3.47. The molecule has 1 aromatic heterocycles. The molecule has 0 radical (unpaired) electrons. The van der Waals surface area contributed by atoms with Crippen molar-refractivity contribution in [2.75, 3.05) is 12.4 Å². The number of nitrogens with zero attached hydrogens (tertiary/aromatic N) is 1. The summed E-state index contributed by atoms with van der Waals surface area (Å²) >= 11 is 9.34. The zero-order valence-corrected chi connectivity index (χ0v) is 14.3. The second-order valence-corrected chi connectivity index (χ2v) is 5.91. The van der Waals surface area contributed by atoms with E-state index in [0.717, 1.165) is 22.6 Å². The Hall–Kier alpha value is -1.33. The minimum atomic E-state index is -0.385. The number of nitrogens with one attached hydrogen (secondary N) is 1. The first-order chi connectivity index (χ1) is 9.93. The summed E-state index contributed by atoms with van der Waals surface area (Å²) in [4.78, 5) is 4.40. The van der Waals surface area contributed by atoms with Crippen LogP contribution in [0.2, 0.25) is 5.02 Å². The minimum Gasteiger partial charge on any atom is -0.496 e. The van der Waals surface area contributed by atoms with E-state index in [2.05, 4.69) is 26.2 Å². The van der Waals surface area contributed by atoms with E-state index in [1.54, 1.807) is 13.3 Å². The van der Waals surface area contributed by atoms with Crippen LogP contribution in [-0.2, 0) is 6.54 Å². The summed E-state index contributed by atoms with van der Waals surface area (Å²) in [6, 6.07) is 2.63. The van der Waals surface area contributed by atoms with Crippen LogP contribution < -0.4 is 10.1 Å². The van der Waals surface area contributed by atoms with Crippen LogP contribution in [0.4, 0.5) is 10.1 Å². The predicted octanol–water partition coefficient (Wildman–Crippen LogP) is 4.87. The summed E-state index contributed by atoms with van der Waals surface area (Å²) in [5.74, 6) is 0.440. The van der Waals surface area contributed by atoms with E-state index in [1.165, 1.54) is 12.1 Å². The van der Waals surface area contributed by atoms with Gasteiger partial charge in [-0.25, -0.2) is 4.39 Å². The summed E-state index contributed by atoms with van der Waals surface area (Å²) in [6.07, 6.45) is 1.77. The van der Waals surface area contributed by atoms with Crippen LogP contribution in [0.15, 0.2) is 22.8 Å². The molecule has 1 aromatic carbocycles. The van der Waals surface area contributed by atoms with E-state index in [4.69, 9.17) is 16.3 Å². The van der Waals surface area contributed by atoms with Gasteiger partial charge in [0.25, 0.3) is 0 Å². The third-order valence-electron chi connectivity index (χ3n) is 3.19. The maximum atomic E-state index is 13.2. The highest BCUT2D eigenvalue weighted by molar-refractivity contribution is 9.10. The van der Waals surface area contributed by atoms with Crippen LogP contribution in [0, 0.1) is 19.7 Å². The number of pyridine rings is 1. The molecule has 2 rings (SSSR count). The van der Waals surface area contributed by atoms with Gasteiger partial charge < -0.3 is 10.1 Å². The van der Waals surface area contributed by atoms with Crippen LogP contribution in [0.25, 0.3) is 0 Å². The Morgan fingerprint density at radius 2 is 2.10 bits per heavy atom. The van der Waals surface area contributed by atoms with Crippen molar-refractivity contribution in [3.8, 4) is 5.75 Å². The molecule has 0 spiro atoms. The molecule has 0 aliphatic carbocycles. The Morgan fingerprint density at radius 3 is 2.71 bits per heavy atom. The molecular formula is C15H15BrClFN2O. The van der Waals surface area contributed by atoms with Crippen molar-refractivity contribution in [3.63, 3.8) is 0 Å². The number of hydrogen-bond acceptors (Lipinski definition) is 3. The molecule has 0 bridgehead atoms. The van der Waals surface area contributed by atoms with Gasteiger partial charge in [0, 0.05) is 21.8 Å². The third-order valence-corrected chi connectivity index (χ3v) is 4.11. The smallest absolute Gasteiger partial charge is 0.128 e. The van der Waals surface area contributed by atoms with Gasteiger partial charge in [0.2, 0.25) is 0 Å². The maximum Gasteiger partial charge on any atom is 0.128 e. The molecule has 112 valence electrons. The Balaban J connectivity index is 2.25. The number of hydrogen-bond donors (Lipinski definition) is 1. The molecule has 2 aromatic rings. The quantitative estimate of drug-likeness (QED) is 0.830. The maximum absolute atomic E-state index is 13.2. The number of halogens is 3. The molecular weight excluding hydrogens is 359 g/mol. The van der Waals surface area contributed by atoms with Crippen molar-refractivity contribution in [2.24, 2.45) is 0 Å². The molecule has 0 aliphatic rings. The molecule has 3 nitrogen and oxygen atoms in total. The van der Waals surface area contributed by atoms with Crippen LogP contribution >= 0.6 is 27.5 Å². The van der Waals surface area contributed by atoms with Crippen molar-refractivity contribution in [1.29, 1.82) is 0 Å². The van der Waals surface area contributed by atoms with Crippen LogP contribution in [0.5, 0.6) is 5.75 Å². The van der Waals surface area contributed by atoms with Gasteiger partial charge in [0.1, 0.15) is 11.6 Å². The fraction of sp³-hybridized carbons (Fsp3) is 0.267. The van der Waals surface area contributed by atoms with Crippen molar-refractivity contribution in [2.45, 2.75) is 20.4 Å². The van der Waals surface area contributed by atoms with Gasteiger partial charge in [-0.1, -0.05) is 11.6 Å². The summed E-state index contributed by atoms with van der Waals surface area (Å²) in [6.45, 7) is 4.37. The van der Waals surface area contributed by atoms with E-state index in [0.29, 0.717) is 21.7 Å². The highest BCUT2D eigenvalue weighted by atomic mass is 79.9. The van der Waals surface area contributed by atoms with Gasteiger partial charge in [-0.15, -0.1) is 0 Å². The molecule has 21 heavy (non-hydrogen) atoms. The first-order valence-electron chi connectivity index (χ1n) is 6.31. The largest absolute Gasteiger partial charge is 0.496 e. The summed E-state index contributed by atoms with van der Waals surface area (Å²) in [5, 5.41) is 3.49. The van der Waals surface area contributed by atoms with Crippen molar-refractivity contribution < 1.29 is 9.13 Å². The number of aryl methyl sites for hydroxylation is 1. The first kappa shape index (κ1) is 16.0. The number of anilines is 1. The van der Waals surface area contributed by atoms with E-state index in [-0.39, 0.29) is 5.82 Å². The van der Waals surface area contributed by atoms with Gasteiger partial charge in [0.05, 0.1) is 30.1 Å². The SMILES string of the molecule is COc1c(C)cnc(CNc2c(Cl)cc(F)cc2Br)c1C. The lowest BCUT2D eigenvalue weighted by molar-refractivity contribution is 0.407. The van der Waals surface area contributed by atoms with Crippen LogP contribution in [0.1, 0.15) is 16.8 Å². The molecule has 0 saturated carbocycles. The number of aromatic nitrogens is 1. The van der Waals surface area contributed by atoms with Crippen molar-refractivity contribution >= 4 is 33.2 Å². The Kier molecular flexibility index (Phi) is 5.06. The van der Waals surface area contributed by atoms with Gasteiger partial charge >= 0.3 is 0 Å². The Labute approximate surface area is 136 Å². The molecule has 6 heteroatoms. The van der Waals surface area contributed by atoms with E-state index < -0.39 is 0 Å². The highest BCUT2D eigenvalue weighted by Crippen LogP contribution is 2.32. The second kappa shape index (κ2) is 6.62. The van der Waals surface area contributed by atoms with E-state index in [9.17, 15) is 4.39 Å². The second-order valence-electron chi connectivity index (χ2n) is 4.64. The average molecular weight is 374 g/mol. The molecule has 1 heterocycles. The Morgan fingerprint density at radius 1 is 1.38 bits per heavy atom. The summed E-state index contributed by atoms with van der Waals surface area (Å²) in [5.41, 5.74) is 3.45. The van der Waals surface area contributed by atoms with Crippen LogP contribution in [0.3, 0.4) is 0 Å². The monoisotopic (exact) mass is 372 g/mol. The number of ether oxygens (including phenoxy) is 1. The fourth-order valence-electron chi connectivity index (χ4n) is 2.13. The van der Waals surface area contributed by atoms with E-state index in [1.807, 2.05) is 13.8 Å². The normalized spacial score (nSPS) is 10.6. The fourth-order valence-corrected chi connectivity index (χ4v) is 3.09. The topological polar surface area (TPSA) is 34.1 Å². The summed E-state index contributed by atoms with van der Waals surface area (Å²) < 4.78 is 19.2. The molecule has 0 amide bonds. The lowest BCUT2D eigenvalue weighted by Gasteiger charge is -2.14. The van der Waals surface area contributed by atoms with Gasteiger partial charge in [-0.05, 0) is 41.9 Å². The predicted molar refractivity (Wildman–Crippen MR) is 86.7 cm³/mol. The standard InChI is InChI=1S/C15H15BrClFN2O/c1-8-6-19-13(9(2)15(8)21-3)7-20-14-11(16)4-10(18)5-12(14)17/h4-6,20H,7H2,1-3H3. The van der Waals surface area contributed by atoms with Gasteiger partial charge in [-0.3, -0.25) is 4.98 Å². The average Bonchev–Trinajstić information content (AvgIpc) is 2.40. The molecule has 0 saturated heterocycles. The number of methoxy groups -OCH3 is 1. The van der Waals surface area contributed by atoms with Crippen molar-refractivity contribution in [1.82, 2.24) is 4.98 Å². The Bertz CT molecular complexity index is 656. The summed E-state index contributed by atoms with van der Waals surface area (Å²) in [7, 11) is 1.64. The van der Waals surface area contributed by atoms with Gasteiger partial charge in [0.15, 0.2) is 0 Å². The first-order valence-corrected chi connectivity index (χ1v) is 7.48. The number of benzene rings is 1. The number of rotatable bonds is 4.